The fraction of sp³-hybridized carbons (Fsp3) is 0.733. The molecule has 3 rings (SSSR count). The van der Waals surface area contributed by atoms with E-state index in [4.69, 9.17) is 9.26 Å². The first kappa shape index (κ1) is 14.5. The van der Waals surface area contributed by atoms with E-state index in [9.17, 15) is 9.90 Å². The van der Waals surface area contributed by atoms with Gasteiger partial charge in [0.15, 0.2) is 5.69 Å². The molecular weight excluding hydrogens is 272 g/mol. The van der Waals surface area contributed by atoms with Gasteiger partial charge in [-0.25, -0.2) is 0 Å². The minimum atomic E-state index is -0.348. The van der Waals surface area contributed by atoms with Gasteiger partial charge < -0.3 is 19.7 Å². The first-order valence-corrected chi connectivity index (χ1v) is 7.68. The van der Waals surface area contributed by atoms with Crippen LogP contribution in [0.2, 0.25) is 0 Å². The molecule has 2 fully saturated rings. The summed E-state index contributed by atoms with van der Waals surface area (Å²) in [6, 6.07) is 1.69. The van der Waals surface area contributed by atoms with Crippen LogP contribution in [0.3, 0.4) is 0 Å². The molecule has 1 aromatic heterocycles. The topological polar surface area (TPSA) is 84.6 Å². The van der Waals surface area contributed by atoms with Crippen molar-refractivity contribution < 1.29 is 19.2 Å². The highest BCUT2D eigenvalue weighted by Gasteiger charge is 2.55. The van der Waals surface area contributed by atoms with Gasteiger partial charge >= 0.3 is 0 Å². The number of aromatic nitrogens is 1. The fourth-order valence-corrected chi connectivity index (χ4v) is 3.42. The van der Waals surface area contributed by atoms with Gasteiger partial charge in [0.25, 0.3) is 5.91 Å². The van der Waals surface area contributed by atoms with Gasteiger partial charge in [0.1, 0.15) is 5.76 Å². The van der Waals surface area contributed by atoms with Crippen molar-refractivity contribution in [1.82, 2.24) is 10.5 Å². The monoisotopic (exact) mass is 294 g/mol. The molecule has 2 atom stereocenters. The second kappa shape index (κ2) is 5.77. The van der Waals surface area contributed by atoms with Gasteiger partial charge in [0.05, 0.1) is 6.10 Å². The molecule has 1 saturated heterocycles. The van der Waals surface area contributed by atoms with Gasteiger partial charge in [-0.3, -0.25) is 4.79 Å². The highest BCUT2D eigenvalue weighted by molar-refractivity contribution is 5.92. The summed E-state index contributed by atoms with van der Waals surface area (Å²) < 4.78 is 10.5. The number of hydrogen-bond acceptors (Lipinski definition) is 5. The maximum absolute atomic E-state index is 12.3. The van der Waals surface area contributed by atoms with Crippen LogP contribution in [0.1, 0.15) is 48.9 Å². The SMILES string of the molecule is CCCc1cc(C(=O)N[C@@H]2C[C@@H](O)C23CCOCC3)no1. The Morgan fingerprint density at radius 2 is 2.29 bits per heavy atom. The molecule has 1 aromatic rings. The quantitative estimate of drug-likeness (QED) is 0.874. The van der Waals surface area contributed by atoms with Crippen molar-refractivity contribution in [1.29, 1.82) is 0 Å². The van der Waals surface area contributed by atoms with Crippen LogP contribution < -0.4 is 5.32 Å². The number of hydrogen-bond donors (Lipinski definition) is 2. The summed E-state index contributed by atoms with van der Waals surface area (Å²) in [5.74, 6) is 0.515. The average Bonchev–Trinajstić information content (AvgIpc) is 2.97. The Morgan fingerprint density at radius 1 is 1.52 bits per heavy atom. The van der Waals surface area contributed by atoms with Gasteiger partial charge in [-0.05, 0) is 25.7 Å². The summed E-state index contributed by atoms with van der Waals surface area (Å²) in [6.07, 6.45) is 3.57. The normalized spacial score (nSPS) is 27.3. The zero-order valence-electron chi connectivity index (χ0n) is 12.3. The predicted molar refractivity (Wildman–Crippen MR) is 74.9 cm³/mol. The van der Waals surface area contributed by atoms with E-state index in [0.717, 1.165) is 31.4 Å². The molecule has 6 heteroatoms. The number of rotatable bonds is 4. The molecule has 116 valence electrons. The standard InChI is InChI=1S/C15H22N2O4/c1-2-3-10-8-11(17-21-10)14(19)16-12-9-13(18)15(12)4-6-20-7-5-15/h8,12-13,18H,2-7,9H2,1H3,(H,16,19)/t12-,13-/m1/s1. The molecule has 21 heavy (non-hydrogen) atoms. The Bertz CT molecular complexity index is 508. The second-order valence-electron chi connectivity index (χ2n) is 6.05. The van der Waals surface area contributed by atoms with Crippen LogP contribution in [0.25, 0.3) is 0 Å². The minimum absolute atomic E-state index is 0.00442. The first-order valence-electron chi connectivity index (χ1n) is 7.68. The van der Waals surface area contributed by atoms with Crippen molar-refractivity contribution in [3.05, 3.63) is 17.5 Å². The molecule has 0 radical (unpaired) electrons. The smallest absolute Gasteiger partial charge is 0.273 e. The summed E-state index contributed by atoms with van der Waals surface area (Å²) in [5, 5.41) is 16.9. The molecule has 1 aliphatic heterocycles. The Labute approximate surface area is 123 Å². The second-order valence-corrected chi connectivity index (χ2v) is 6.05. The van der Waals surface area contributed by atoms with E-state index >= 15 is 0 Å². The van der Waals surface area contributed by atoms with Crippen LogP contribution in [0.5, 0.6) is 0 Å². The van der Waals surface area contributed by atoms with Gasteiger partial charge in [-0.15, -0.1) is 0 Å². The molecular formula is C15H22N2O4. The lowest BCUT2D eigenvalue weighted by atomic mass is 9.58. The number of ether oxygens (including phenoxy) is 1. The fourth-order valence-electron chi connectivity index (χ4n) is 3.42. The molecule has 1 amide bonds. The van der Waals surface area contributed by atoms with Crippen LogP contribution in [0.4, 0.5) is 0 Å². The number of nitrogens with one attached hydrogen (secondary N) is 1. The molecule has 6 nitrogen and oxygen atoms in total. The molecule has 0 bridgehead atoms. The van der Waals surface area contributed by atoms with E-state index in [1.165, 1.54) is 0 Å². The summed E-state index contributed by atoms with van der Waals surface area (Å²) in [6.45, 7) is 3.34. The summed E-state index contributed by atoms with van der Waals surface area (Å²) in [5.41, 5.74) is 0.103. The zero-order valence-corrected chi connectivity index (χ0v) is 12.3. The lowest BCUT2D eigenvalue weighted by Crippen LogP contribution is -2.65. The van der Waals surface area contributed by atoms with Gasteiger partial charge in [-0.2, -0.15) is 0 Å². The van der Waals surface area contributed by atoms with E-state index in [0.29, 0.717) is 25.3 Å². The Hall–Kier alpha value is -1.40. The zero-order chi connectivity index (χ0) is 14.9. The van der Waals surface area contributed by atoms with E-state index < -0.39 is 0 Å². The van der Waals surface area contributed by atoms with Crippen LogP contribution in [-0.2, 0) is 11.2 Å². The third-order valence-electron chi connectivity index (χ3n) is 4.83. The van der Waals surface area contributed by atoms with Gasteiger partial charge in [-0.1, -0.05) is 12.1 Å². The number of aliphatic hydroxyl groups is 1. The largest absolute Gasteiger partial charge is 0.392 e. The first-order chi connectivity index (χ1) is 10.2. The lowest BCUT2D eigenvalue weighted by molar-refractivity contribution is -0.145. The van der Waals surface area contributed by atoms with E-state index in [1.54, 1.807) is 6.07 Å². The highest BCUT2D eigenvalue weighted by atomic mass is 16.5. The molecule has 2 aliphatic rings. The summed E-state index contributed by atoms with van der Waals surface area (Å²) >= 11 is 0. The lowest BCUT2D eigenvalue weighted by Gasteiger charge is -2.55. The number of nitrogens with zero attached hydrogens (tertiary/aromatic N) is 1. The predicted octanol–water partition coefficient (Wildman–Crippen LogP) is 1.29. The Kier molecular flexibility index (Phi) is 3.99. The van der Waals surface area contributed by atoms with Crippen molar-refractivity contribution in [3.8, 4) is 0 Å². The van der Waals surface area contributed by atoms with Crippen molar-refractivity contribution in [2.75, 3.05) is 13.2 Å². The maximum atomic E-state index is 12.3. The molecule has 2 N–H and O–H groups in total. The van der Waals surface area contributed by atoms with E-state index in [1.807, 2.05) is 6.92 Å². The maximum Gasteiger partial charge on any atom is 0.273 e. The van der Waals surface area contributed by atoms with Crippen LogP contribution in [0.15, 0.2) is 10.6 Å². The van der Waals surface area contributed by atoms with Crippen molar-refractivity contribution >= 4 is 5.91 Å². The summed E-state index contributed by atoms with van der Waals surface area (Å²) in [4.78, 5) is 12.3. The van der Waals surface area contributed by atoms with Gasteiger partial charge in [0, 0.05) is 37.2 Å². The Balaban J connectivity index is 1.64. The van der Waals surface area contributed by atoms with Crippen LogP contribution >= 0.6 is 0 Å². The number of carbonyl (C=O) groups is 1. The third-order valence-corrected chi connectivity index (χ3v) is 4.83. The molecule has 2 heterocycles. The number of aryl methyl sites for hydroxylation is 1. The number of carbonyl (C=O) groups excluding carboxylic acids is 1. The van der Waals surface area contributed by atoms with Crippen LogP contribution in [0, 0.1) is 5.41 Å². The van der Waals surface area contributed by atoms with E-state index in [-0.39, 0.29) is 23.5 Å². The molecule has 1 aliphatic carbocycles. The summed E-state index contributed by atoms with van der Waals surface area (Å²) in [7, 11) is 0. The van der Waals surface area contributed by atoms with E-state index in [2.05, 4.69) is 10.5 Å². The van der Waals surface area contributed by atoms with Crippen molar-refractivity contribution in [2.45, 2.75) is 51.2 Å². The average molecular weight is 294 g/mol. The molecule has 1 saturated carbocycles. The minimum Gasteiger partial charge on any atom is -0.392 e. The highest BCUT2D eigenvalue weighted by Crippen LogP contribution is 2.48. The number of aliphatic hydroxyl groups excluding tert-OH is 1. The number of amides is 1. The Morgan fingerprint density at radius 3 is 2.95 bits per heavy atom. The van der Waals surface area contributed by atoms with Crippen molar-refractivity contribution in [2.24, 2.45) is 5.41 Å². The van der Waals surface area contributed by atoms with Crippen molar-refractivity contribution in [3.63, 3.8) is 0 Å². The third kappa shape index (κ3) is 2.58. The molecule has 0 unspecified atom stereocenters. The molecule has 0 aromatic carbocycles. The molecule has 1 spiro atoms. The van der Waals surface area contributed by atoms with Crippen LogP contribution in [-0.4, -0.2) is 41.5 Å². The van der Waals surface area contributed by atoms with Gasteiger partial charge in [0.2, 0.25) is 0 Å².